The number of benzene rings is 1. The first-order chi connectivity index (χ1) is 10.6. The standard InChI is InChI=1S/C16H18N4O2/c1-10(2)20-15-12(9-17-20)16(21)19-14(18-15)8-11-6-4-5-7-13(11)22-3/h4-7,9-10H,8H2,1-3H3,(H,18,19,21). The molecule has 6 nitrogen and oxygen atoms in total. The fourth-order valence-corrected chi connectivity index (χ4v) is 2.47. The van der Waals surface area contributed by atoms with Crippen LogP contribution in [-0.4, -0.2) is 26.9 Å². The largest absolute Gasteiger partial charge is 0.496 e. The number of hydrogen-bond donors (Lipinski definition) is 1. The van der Waals surface area contributed by atoms with Crippen molar-refractivity contribution in [2.45, 2.75) is 26.3 Å². The molecule has 0 fully saturated rings. The van der Waals surface area contributed by atoms with Crippen molar-refractivity contribution < 1.29 is 4.74 Å². The quantitative estimate of drug-likeness (QED) is 0.802. The minimum absolute atomic E-state index is 0.144. The van der Waals surface area contributed by atoms with Crippen LogP contribution in [0.5, 0.6) is 5.75 Å². The molecule has 0 bridgehead atoms. The second-order valence-electron chi connectivity index (χ2n) is 5.42. The van der Waals surface area contributed by atoms with E-state index in [1.807, 2.05) is 38.1 Å². The van der Waals surface area contributed by atoms with Crippen LogP contribution in [-0.2, 0) is 6.42 Å². The van der Waals surface area contributed by atoms with Crippen molar-refractivity contribution in [1.29, 1.82) is 0 Å². The number of para-hydroxylation sites is 1. The van der Waals surface area contributed by atoms with Crippen molar-refractivity contribution in [1.82, 2.24) is 19.7 Å². The fourth-order valence-electron chi connectivity index (χ4n) is 2.47. The van der Waals surface area contributed by atoms with Gasteiger partial charge in [-0.15, -0.1) is 0 Å². The Morgan fingerprint density at radius 1 is 1.32 bits per heavy atom. The molecule has 0 saturated heterocycles. The lowest BCUT2D eigenvalue weighted by Crippen LogP contribution is -2.14. The highest BCUT2D eigenvalue weighted by Crippen LogP contribution is 2.20. The van der Waals surface area contributed by atoms with Gasteiger partial charge in [0, 0.05) is 18.0 Å². The Morgan fingerprint density at radius 2 is 2.09 bits per heavy atom. The SMILES string of the molecule is COc1ccccc1Cc1nc2c(cnn2C(C)C)c(=O)[nH]1. The smallest absolute Gasteiger partial charge is 0.262 e. The van der Waals surface area contributed by atoms with E-state index in [-0.39, 0.29) is 11.6 Å². The van der Waals surface area contributed by atoms with Gasteiger partial charge in [-0.2, -0.15) is 5.10 Å². The molecular formula is C16H18N4O2. The molecule has 0 radical (unpaired) electrons. The van der Waals surface area contributed by atoms with E-state index in [2.05, 4.69) is 15.1 Å². The van der Waals surface area contributed by atoms with E-state index in [0.29, 0.717) is 23.3 Å². The van der Waals surface area contributed by atoms with E-state index < -0.39 is 0 Å². The molecule has 0 aliphatic carbocycles. The molecule has 6 heteroatoms. The summed E-state index contributed by atoms with van der Waals surface area (Å²) in [6, 6.07) is 7.85. The van der Waals surface area contributed by atoms with Gasteiger partial charge in [0.15, 0.2) is 5.65 Å². The van der Waals surface area contributed by atoms with Crippen LogP contribution in [0.15, 0.2) is 35.3 Å². The predicted molar refractivity (Wildman–Crippen MR) is 84.3 cm³/mol. The van der Waals surface area contributed by atoms with E-state index >= 15 is 0 Å². The molecule has 0 aliphatic heterocycles. The second kappa shape index (κ2) is 5.63. The van der Waals surface area contributed by atoms with Crippen LogP contribution in [0.2, 0.25) is 0 Å². The summed E-state index contributed by atoms with van der Waals surface area (Å²) in [5, 5.41) is 4.76. The Hall–Kier alpha value is -2.63. The number of methoxy groups -OCH3 is 1. The van der Waals surface area contributed by atoms with E-state index in [0.717, 1.165) is 11.3 Å². The predicted octanol–water partition coefficient (Wildman–Crippen LogP) is 2.30. The van der Waals surface area contributed by atoms with Gasteiger partial charge in [-0.3, -0.25) is 4.79 Å². The average molecular weight is 298 g/mol. The maximum Gasteiger partial charge on any atom is 0.262 e. The molecule has 0 amide bonds. The third-order valence-corrected chi connectivity index (χ3v) is 3.55. The van der Waals surface area contributed by atoms with Crippen LogP contribution in [0.1, 0.15) is 31.3 Å². The van der Waals surface area contributed by atoms with E-state index in [9.17, 15) is 4.79 Å². The molecule has 3 aromatic rings. The van der Waals surface area contributed by atoms with Crippen molar-refractivity contribution >= 4 is 11.0 Å². The molecule has 114 valence electrons. The number of ether oxygens (including phenoxy) is 1. The van der Waals surface area contributed by atoms with E-state index in [4.69, 9.17) is 4.74 Å². The summed E-state index contributed by atoms with van der Waals surface area (Å²) in [7, 11) is 1.63. The van der Waals surface area contributed by atoms with Crippen molar-refractivity contribution in [2.75, 3.05) is 7.11 Å². The molecule has 3 rings (SSSR count). The molecule has 1 N–H and O–H groups in total. The van der Waals surface area contributed by atoms with Gasteiger partial charge in [0.2, 0.25) is 0 Å². The molecule has 22 heavy (non-hydrogen) atoms. The van der Waals surface area contributed by atoms with Gasteiger partial charge in [-0.25, -0.2) is 9.67 Å². The minimum atomic E-state index is -0.165. The lowest BCUT2D eigenvalue weighted by Gasteiger charge is -2.09. The van der Waals surface area contributed by atoms with Gasteiger partial charge in [0.25, 0.3) is 5.56 Å². The van der Waals surface area contributed by atoms with Crippen molar-refractivity contribution in [3.63, 3.8) is 0 Å². The summed E-state index contributed by atoms with van der Waals surface area (Å²) >= 11 is 0. The van der Waals surface area contributed by atoms with Gasteiger partial charge in [0.05, 0.1) is 13.3 Å². The summed E-state index contributed by atoms with van der Waals surface area (Å²) in [4.78, 5) is 19.6. The Bertz CT molecular complexity index is 864. The summed E-state index contributed by atoms with van der Waals surface area (Å²) in [6.07, 6.45) is 2.06. The maximum atomic E-state index is 12.2. The van der Waals surface area contributed by atoms with Gasteiger partial charge in [-0.1, -0.05) is 18.2 Å². The van der Waals surface area contributed by atoms with Gasteiger partial charge in [0.1, 0.15) is 17.0 Å². The number of hydrogen-bond acceptors (Lipinski definition) is 4. The molecule has 0 aliphatic rings. The number of rotatable bonds is 4. The first-order valence-electron chi connectivity index (χ1n) is 7.18. The molecule has 0 unspecified atom stereocenters. The zero-order chi connectivity index (χ0) is 15.7. The monoisotopic (exact) mass is 298 g/mol. The minimum Gasteiger partial charge on any atom is -0.496 e. The van der Waals surface area contributed by atoms with Gasteiger partial charge >= 0.3 is 0 Å². The highest BCUT2D eigenvalue weighted by molar-refractivity contribution is 5.73. The lowest BCUT2D eigenvalue weighted by atomic mass is 10.1. The molecule has 0 saturated carbocycles. The number of nitrogens with one attached hydrogen (secondary N) is 1. The van der Waals surface area contributed by atoms with E-state index in [1.54, 1.807) is 18.0 Å². The Morgan fingerprint density at radius 3 is 2.82 bits per heavy atom. The van der Waals surface area contributed by atoms with Crippen LogP contribution in [0.4, 0.5) is 0 Å². The zero-order valence-electron chi connectivity index (χ0n) is 12.8. The molecular weight excluding hydrogens is 280 g/mol. The lowest BCUT2D eigenvalue weighted by molar-refractivity contribution is 0.410. The van der Waals surface area contributed by atoms with Gasteiger partial charge < -0.3 is 9.72 Å². The second-order valence-corrected chi connectivity index (χ2v) is 5.42. The summed E-state index contributed by atoms with van der Waals surface area (Å²) in [5.41, 5.74) is 1.42. The van der Waals surface area contributed by atoms with Crippen LogP contribution < -0.4 is 10.3 Å². The van der Waals surface area contributed by atoms with Crippen LogP contribution in [0.25, 0.3) is 11.0 Å². The Kier molecular flexibility index (Phi) is 3.66. The van der Waals surface area contributed by atoms with Crippen LogP contribution in [0, 0.1) is 0 Å². The number of aromatic amines is 1. The summed E-state index contributed by atoms with van der Waals surface area (Å²) in [6.45, 7) is 4.02. The van der Waals surface area contributed by atoms with E-state index in [1.165, 1.54) is 0 Å². The highest BCUT2D eigenvalue weighted by Gasteiger charge is 2.13. The number of aromatic nitrogens is 4. The first kappa shape index (κ1) is 14.3. The molecule has 2 heterocycles. The number of H-pyrrole nitrogens is 1. The molecule has 0 spiro atoms. The topological polar surface area (TPSA) is 72.8 Å². The molecule has 0 atom stereocenters. The average Bonchev–Trinajstić information content (AvgIpc) is 2.92. The normalized spacial score (nSPS) is 11.3. The maximum absolute atomic E-state index is 12.2. The molecule has 2 aromatic heterocycles. The fraction of sp³-hybridized carbons (Fsp3) is 0.312. The Labute approximate surface area is 127 Å². The van der Waals surface area contributed by atoms with Gasteiger partial charge in [-0.05, 0) is 19.9 Å². The zero-order valence-corrected chi connectivity index (χ0v) is 12.8. The number of fused-ring (bicyclic) bond motifs is 1. The third kappa shape index (κ3) is 2.47. The van der Waals surface area contributed by atoms with Crippen molar-refractivity contribution in [2.24, 2.45) is 0 Å². The van der Waals surface area contributed by atoms with Crippen LogP contribution >= 0.6 is 0 Å². The Balaban J connectivity index is 2.08. The first-order valence-corrected chi connectivity index (χ1v) is 7.18. The summed E-state index contributed by atoms with van der Waals surface area (Å²) in [5.74, 6) is 1.38. The molecule has 1 aromatic carbocycles. The summed E-state index contributed by atoms with van der Waals surface area (Å²) < 4.78 is 7.11. The number of nitrogens with zero attached hydrogens (tertiary/aromatic N) is 3. The van der Waals surface area contributed by atoms with Crippen molar-refractivity contribution in [3.05, 3.63) is 52.2 Å². The van der Waals surface area contributed by atoms with Crippen LogP contribution in [0.3, 0.4) is 0 Å². The third-order valence-electron chi connectivity index (χ3n) is 3.55. The highest BCUT2D eigenvalue weighted by atomic mass is 16.5. The van der Waals surface area contributed by atoms with Crippen molar-refractivity contribution in [3.8, 4) is 5.75 Å².